The number of rotatable bonds is 6. The Morgan fingerprint density at radius 2 is 2.04 bits per heavy atom. The van der Waals surface area contributed by atoms with Crippen molar-refractivity contribution in [3.05, 3.63) is 34.9 Å². The Bertz CT molecular complexity index is 552. The van der Waals surface area contributed by atoms with Crippen molar-refractivity contribution in [2.24, 2.45) is 11.8 Å². The minimum atomic E-state index is -0.703. The summed E-state index contributed by atoms with van der Waals surface area (Å²) in [4.78, 5) is 23.2. The minimum absolute atomic E-state index is 0.101. The maximum Gasteiger partial charge on any atom is 0.303 e. The predicted octanol–water partition coefficient (Wildman–Crippen LogP) is 4.14. The Morgan fingerprint density at radius 3 is 2.60 bits per heavy atom. The zero-order chi connectivity index (χ0) is 19.0. The van der Waals surface area contributed by atoms with Gasteiger partial charge < -0.3 is 9.84 Å². The number of allylic oxidation sites excluding steroid dienone is 4. The molecular weight excluding hydrogens is 316 g/mol. The normalized spacial score (nSPS) is 25.4. The van der Waals surface area contributed by atoms with Crippen LogP contribution < -0.4 is 0 Å². The van der Waals surface area contributed by atoms with Gasteiger partial charge >= 0.3 is 5.97 Å². The van der Waals surface area contributed by atoms with Crippen molar-refractivity contribution in [3.63, 3.8) is 0 Å². The van der Waals surface area contributed by atoms with E-state index in [0.717, 1.165) is 24.7 Å². The lowest BCUT2D eigenvalue weighted by Gasteiger charge is -2.35. The fourth-order valence-electron chi connectivity index (χ4n) is 3.43. The third-order valence-corrected chi connectivity index (χ3v) is 4.73. The fourth-order valence-corrected chi connectivity index (χ4v) is 3.43. The summed E-state index contributed by atoms with van der Waals surface area (Å²) >= 11 is 0. The van der Waals surface area contributed by atoms with Crippen LogP contribution in [0, 0.1) is 11.8 Å². The first-order valence-electron chi connectivity index (χ1n) is 9.05. The first kappa shape index (κ1) is 21.4. The van der Waals surface area contributed by atoms with Crippen LogP contribution in [-0.2, 0) is 14.3 Å². The van der Waals surface area contributed by atoms with Crippen LogP contribution in [0.2, 0.25) is 0 Å². The molecule has 0 radical (unpaired) electrons. The molecule has 0 amide bonds. The largest absolute Gasteiger partial charge is 0.457 e. The molecule has 0 aromatic heterocycles. The molecule has 0 spiro atoms. The lowest BCUT2D eigenvalue weighted by Crippen LogP contribution is -2.40. The summed E-state index contributed by atoms with van der Waals surface area (Å²) in [7, 11) is 0. The highest BCUT2D eigenvalue weighted by Crippen LogP contribution is 2.33. The highest BCUT2D eigenvalue weighted by molar-refractivity contribution is 5.76. The average Bonchev–Trinajstić information content (AvgIpc) is 2.54. The highest BCUT2D eigenvalue weighted by atomic mass is 16.5. The summed E-state index contributed by atoms with van der Waals surface area (Å²) in [5.41, 5.74) is 2.78. The Labute approximate surface area is 151 Å². The van der Waals surface area contributed by atoms with E-state index in [1.807, 2.05) is 13.0 Å². The third kappa shape index (κ3) is 6.99. The standard InChI is InChI=1S/C21H32O4/c1-14(2)8-6-10-16(4)20-19(24)12-15(3)9-7-11-18(13-22)21(20)25-17(5)23/h8-9,11,13,16,19-21,24H,6-7,10,12H2,1-5H3/t16-,19-,20-,21-/m1/s1. The molecule has 4 nitrogen and oxygen atoms in total. The van der Waals surface area contributed by atoms with Crippen LogP contribution in [0.15, 0.2) is 34.9 Å². The summed E-state index contributed by atoms with van der Waals surface area (Å²) in [6, 6.07) is 0. The van der Waals surface area contributed by atoms with Gasteiger partial charge in [0.1, 0.15) is 12.4 Å². The molecule has 1 rings (SSSR count). The molecule has 25 heavy (non-hydrogen) atoms. The monoisotopic (exact) mass is 348 g/mol. The van der Waals surface area contributed by atoms with E-state index >= 15 is 0 Å². The van der Waals surface area contributed by atoms with Crippen LogP contribution in [0.5, 0.6) is 0 Å². The fraction of sp³-hybridized carbons (Fsp3) is 0.619. The molecule has 0 unspecified atom stereocenters. The van der Waals surface area contributed by atoms with E-state index < -0.39 is 18.2 Å². The number of carbonyl (C=O) groups is 2. The topological polar surface area (TPSA) is 63.6 Å². The number of aliphatic hydroxyl groups excluding tert-OH is 1. The van der Waals surface area contributed by atoms with Gasteiger partial charge in [-0.3, -0.25) is 9.59 Å². The summed E-state index contributed by atoms with van der Waals surface area (Å²) in [6.45, 7) is 9.50. The lowest BCUT2D eigenvalue weighted by molar-refractivity contribution is -0.150. The van der Waals surface area contributed by atoms with Crippen molar-refractivity contribution in [2.45, 2.75) is 72.5 Å². The van der Waals surface area contributed by atoms with E-state index in [9.17, 15) is 14.7 Å². The first-order chi connectivity index (χ1) is 11.8. The molecular formula is C21H32O4. The van der Waals surface area contributed by atoms with Crippen molar-refractivity contribution in [3.8, 4) is 0 Å². The Balaban J connectivity index is 3.18. The van der Waals surface area contributed by atoms with E-state index in [1.165, 1.54) is 12.5 Å². The molecule has 1 aliphatic rings. The zero-order valence-electron chi connectivity index (χ0n) is 16.1. The van der Waals surface area contributed by atoms with Crippen molar-refractivity contribution in [1.82, 2.24) is 0 Å². The van der Waals surface area contributed by atoms with Gasteiger partial charge in [0.15, 0.2) is 0 Å². The second-order valence-corrected chi connectivity index (χ2v) is 7.32. The summed E-state index contributed by atoms with van der Waals surface area (Å²) in [5, 5.41) is 10.9. The van der Waals surface area contributed by atoms with Crippen LogP contribution in [0.25, 0.3) is 0 Å². The van der Waals surface area contributed by atoms with Crippen LogP contribution in [0.4, 0.5) is 0 Å². The molecule has 140 valence electrons. The molecule has 4 heteroatoms. The molecule has 0 bridgehead atoms. The van der Waals surface area contributed by atoms with Gasteiger partial charge in [0.05, 0.1) is 6.10 Å². The Morgan fingerprint density at radius 1 is 1.36 bits per heavy atom. The molecule has 0 fully saturated rings. The summed E-state index contributed by atoms with van der Waals surface area (Å²) in [6.07, 6.45) is 8.25. The number of hydrogen-bond acceptors (Lipinski definition) is 4. The Hall–Kier alpha value is -1.68. The molecule has 0 aromatic rings. The number of carbonyl (C=O) groups excluding carboxylic acids is 2. The molecule has 1 aliphatic carbocycles. The van der Waals surface area contributed by atoms with E-state index in [2.05, 4.69) is 26.8 Å². The number of aliphatic hydroxyl groups is 1. The number of esters is 1. The van der Waals surface area contributed by atoms with Gasteiger partial charge in [-0.1, -0.05) is 36.3 Å². The molecule has 0 saturated carbocycles. The lowest BCUT2D eigenvalue weighted by atomic mass is 9.77. The van der Waals surface area contributed by atoms with Crippen molar-refractivity contribution >= 4 is 12.3 Å². The van der Waals surface area contributed by atoms with Crippen LogP contribution in [-0.4, -0.2) is 29.6 Å². The summed E-state index contributed by atoms with van der Waals surface area (Å²) in [5.74, 6) is -0.646. The quantitative estimate of drug-likeness (QED) is 0.445. The van der Waals surface area contributed by atoms with Crippen molar-refractivity contribution in [2.75, 3.05) is 0 Å². The summed E-state index contributed by atoms with van der Waals surface area (Å²) < 4.78 is 5.52. The van der Waals surface area contributed by atoms with Crippen LogP contribution >= 0.6 is 0 Å². The van der Waals surface area contributed by atoms with Crippen molar-refractivity contribution in [1.29, 1.82) is 0 Å². The van der Waals surface area contributed by atoms with Gasteiger partial charge in [-0.2, -0.15) is 0 Å². The van der Waals surface area contributed by atoms with Gasteiger partial charge in [-0.05, 0) is 52.4 Å². The second-order valence-electron chi connectivity index (χ2n) is 7.32. The average molecular weight is 348 g/mol. The smallest absolute Gasteiger partial charge is 0.303 e. The van der Waals surface area contributed by atoms with Gasteiger partial charge in [0.25, 0.3) is 0 Å². The molecule has 0 saturated heterocycles. The van der Waals surface area contributed by atoms with Crippen molar-refractivity contribution < 1.29 is 19.4 Å². The van der Waals surface area contributed by atoms with E-state index in [-0.39, 0.29) is 11.8 Å². The van der Waals surface area contributed by atoms with Crippen LogP contribution in [0.1, 0.15) is 60.3 Å². The van der Waals surface area contributed by atoms with Gasteiger partial charge in [-0.15, -0.1) is 0 Å². The highest BCUT2D eigenvalue weighted by Gasteiger charge is 2.37. The molecule has 0 aliphatic heterocycles. The molecule has 4 atom stereocenters. The zero-order valence-corrected chi connectivity index (χ0v) is 16.1. The number of hydrogen-bond donors (Lipinski definition) is 1. The molecule has 0 heterocycles. The van der Waals surface area contributed by atoms with E-state index in [0.29, 0.717) is 18.4 Å². The third-order valence-electron chi connectivity index (χ3n) is 4.73. The van der Waals surface area contributed by atoms with Gasteiger partial charge in [-0.25, -0.2) is 0 Å². The predicted molar refractivity (Wildman–Crippen MR) is 100 cm³/mol. The Kier molecular flexibility index (Phi) is 8.84. The molecule has 1 N–H and O–H groups in total. The van der Waals surface area contributed by atoms with Gasteiger partial charge in [0, 0.05) is 18.4 Å². The van der Waals surface area contributed by atoms with Crippen LogP contribution in [0.3, 0.4) is 0 Å². The number of ether oxygens (including phenoxy) is 1. The first-order valence-corrected chi connectivity index (χ1v) is 9.05. The van der Waals surface area contributed by atoms with E-state index in [1.54, 1.807) is 6.08 Å². The SMILES string of the molecule is CC(=O)O[C@@H]1C(C=O)=CCC=C(C)C[C@@H](O)[C@H]1[C@H](C)CCC=C(C)C. The number of aldehydes is 1. The van der Waals surface area contributed by atoms with Gasteiger partial charge in [0.2, 0.25) is 0 Å². The molecule has 0 aromatic carbocycles. The van der Waals surface area contributed by atoms with E-state index in [4.69, 9.17) is 4.74 Å². The maximum absolute atomic E-state index is 11.6. The maximum atomic E-state index is 11.6. The minimum Gasteiger partial charge on any atom is -0.457 e. The second kappa shape index (κ2) is 10.3.